The summed E-state index contributed by atoms with van der Waals surface area (Å²) in [6, 6.07) is 2.05. The van der Waals surface area contributed by atoms with E-state index < -0.39 is 0 Å². The first-order valence-corrected chi connectivity index (χ1v) is 8.33. The van der Waals surface area contributed by atoms with Gasteiger partial charge in [0, 0.05) is 21.4 Å². The number of aliphatic hydroxyl groups excluding tert-OH is 1. The van der Waals surface area contributed by atoms with Gasteiger partial charge < -0.3 is 10.4 Å². The fourth-order valence-electron chi connectivity index (χ4n) is 2.46. The summed E-state index contributed by atoms with van der Waals surface area (Å²) in [7, 11) is 0. The number of nitrogens with one attached hydrogen (secondary N) is 1. The van der Waals surface area contributed by atoms with E-state index in [2.05, 4.69) is 34.2 Å². The molecular weight excluding hydrogens is 334 g/mol. The highest BCUT2D eigenvalue weighted by Gasteiger charge is 2.33. The third-order valence-electron chi connectivity index (χ3n) is 3.87. The third kappa shape index (κ3) is 3.48. The molecule has 0 unspecified atom stereocenters. The Morgan fingerprint density at radius 1 is 1.56 bits per heavy atom. The van der Waals surface area contributed by atoms with E-state index in [9.17, 15) is 5.11 Å². The predicted octanol–water partition coefficient (Wildman–Crippen LogP) is 4.19. The highest BCUT2D eigenvalue weighted by atomic mass is 79.9. The van der Waals surface area contributed by atoms with Crippen LogP contribution in [-0.2, 0) is 6.54 Å². The van der Waals surface area contributed by atoms with Crippen molar-refractivity contribution in [3.63, 3.8) is 0 Å². The first-order chi connectivity index (χ1) is 8.54. The SMILES string of the molecule is CC1CCC(CO)(NCc2cc(Br)c(Cl)s2)CC1. The predicted molar refractivity (Wildman–Crippen MR) is 81.3 cm³/mol. The number of halogens is 2. The number of thiophene rings is 1. The standard InChI is InChI=1S/C13H19BrClNOS/c1-9-2-4-13(8-17,5-3-9)16-7-10-6-11(14)12(15)18-10/h6,9,16-17H,2-5,7-8H2,1H3. The lowest BCUT2D eigenvalue weighted by atomic mass is 9.77. The Labute approximate surface area is 126 Å². The molecule has 1 aromatic heterocycles. The number of hydrogen-bond donors (Lipinski definition) is 2. The van der Waals surface area contributed by atoms with Gasteiger partial charge in [0.2, 0.25) is 0 Å². The highest BCUT2D eigenvalue weighted by Crippen LogP contribution is 2.34. The fourth-order valence-corrected chi connectivity index (χ4v) is 4.19. The maximum absolute atomic E-state index is 9.67. The second kappa shape index (κ2) is 6.23. The normalized spacial score (nSPS) is 28.6. The summed E-state index contributed by atoms with van der Waals surface area (Å²) in [4.78, 5) is 1.21. The lowest BCUT2D eigenvalue weighted by Gasteiger charge is -2.39. The minimum absolute atomic E-state index is 0.0878. The largest absolute Gasteiger partial charge is 0.394 e. The molecule has 5 heteroatoms. The molecule has 2 nitrogen and oxygen atoms in total. The molecule has 1 aliphatic rings. The van der Waals surface area contributed by atoms with Gasteiger partial charge in [0.25, 0.3) is 0 Å². The minimum atomic E-state index is -0.0878. The summed E-state index contributed by atoms with van der Waals surface area (Å²) >= 11 is 11.0. The van der Waals surface area contributed by atoms with E-state index in [1.807, 2.05) is 0 Å². The molecule has 0 aliphatic heterocycles. The van der Waals surface area contributed by atoms with E-state index >= 15 is 0 Å². The molecule has 1 aliphatic carbocycles. The van der Waals surface area contributed by atoms with Crippen LogP contribution >= 0.6 is 38.9 Å². The van der Waals surface area contributed by atoms with Crippen LogP contribution in [0.4, 0.5) is 0 Å². The summed E-state index contributed by atoms with van der Waals surface area (Å²) in [6.07, 6.45) is 4.51. The Morgan fingerprint density at radius 3 is 2.72 bits per heavy atom. The molecule has 18 heavy (non-hydrogen) atoms. The lowest BCUT2D eigenvalue weighted by molar-refractivity contribution is 0.104. The van der Waals surface area contributed by atoms with E-state index in [1.54, 1.807) is 11.3 Å². The van der Waals surface area contributed by atoms with Gasteiger partial charge in [-0.25, -0.2) is 0 Å². The van der Waals surface area contributed by atoms with Gasteiger partial charge in [0.05, 0.1) is 6.61 Å². The highest BCUT2D eigenvalue weighted by molar-refractivity contribution is 9.10. The van der Waals surface area contributed by atoms with Crippen molar-refractivity contribution in [2.45, 2.75) is 44.7 Å². The number of hydrogen-bond acceptors (Lipinski definition) is 3. The average Bonchev–Trinajstić information content (AvgIpc) is 2.69. The van der Waals surface area contributed by atoms with E-state index in [0.29, 0.717) is 0 Å². The van der Waals surface area contributed by atoms with Crippen LogP contribution in [0, 0.1) is 5.92 Å². The minimum Gasteiger partial charge on any atom is -0.394 e. The van der Waals surface area contributed by atoms with Crippen molar-refractivity contribution in [1.29, 1.82) is 0 Å². The van der Waals surface area contributed by atoms with Crippen LogP contribution in [0.2, 0.25) is 4.34 Å². The molecule has 0 bridgehead atoms. The quantitative estimate of drug-likeness (QED) is 0.851. The Hall–Kier alpha value is 0.390. The van der Waals surface area contributed by atoms with E-state index in [4.69, 9.17) is 11.6 Å². The molecule has 0 amide bonds. The zero-order chi connectivity index (χ0) is 13.2. The second-order valence-electron chi connectivity index (χ2n) is 5.31. The Kier molecular flexibility index (Phi) is 5.12. The van der Waals surface area contributed by atoms with Crippen LogP contribution in [0.1, 0.15) is 37.5 Å². The van der Waals surface area contributed by atoms with E-state index in [-0.39, 0.29) is 12.1 Å². The van der Waals surface area contributed by atoms with Gasteiger partial charge in [-0.15, -0.1) is 11.3 Å². The smallest absolute Gasteiger partial charge is 0.107 e. The summed E-state index contributed by atoms with van der Waals surface area (Å²) < 4.78 is 1.75. The lowest BCUT2D eigenvalue weighted by Crippen LogP contribution is -2.50. The van der Waals surface area contributed by atoms with Crippen molar-refractivity contribution < 1.29 is 5.11 Å². The van der Waals surface area contributed by atoms with Crippen molar-refractivity contribution in [2.75, 3.05) is 6.61 Å². The third-order valence-corrected chi connectivity index (χ3v) is 6.34. The van der Waals surface area contributed by atoms with E-state index in [0.717, 1.165) is 34.1 Å². The molecule has 0 radical (unpaired) electrons. The zero-order valence-electron chi connectivity index (χ0n) is 10.5. The van der Waals surface area contributed by atoms with E-state index in [1.165, 1.54) is 17.7 Å². The Balaban J connectivity index is 1.94. The van der Waals surface area contributed by atoms with Crippen LogP contribution < -0.4 is 5.32 Å². The van der Waals surface area contributed by atoms with Crippen molar-refractivity contribution in [2.24, 2.45) is 5.92 Å². The molecule has 1 fully saturated rings. The molecular formula is C13H19BrClNOS. The number of rotatable bonds is 4. The average molecular weight is 353 g/mol. The summed E-state index contributed by atoms with van der Waals surface area (Å²) in [5.41, 5.74) is -0.0878. The van der Waals surface area contributed by atoms with Gasteiger partial charge in [-0.2, -0.15) is 0 Å². The van der Waals surface area contributed by atoms with Crippen molar-refractivity contribution in [1.82, 2.24) is 5.32 Å². The van der Waals surface area contributed by atoms with Crippen LogP contribution in [0.25, 0.3) is 0 Å². The maximum atomic E-state index is 9.67. The van der Waals surface area contributed by atoms with Gasteiger partial charge in [0.15, 0.2) is 0 Å². The second-order valence-corrected chi connectivity index (χ2v) is 7.90. The van der Waals surface area contributed by atoms with Gasteiger partial charge in [-0.1, -0.05) is 18.5 Å². The van der Waals surface area contributed by atoms with Crippen molar-refractivity contribution in [3.8, 4) is 0 Å². The summed E-state index contributed by atoms with van der Waals surface area (Å²) in [6.45, 7) is 3.29. The molecule has 0 spiro atoms. The number of aliphatic hydroxyl groups is 1. The maximum Gasteiger partial charge on any atom is 0.107 e. The first kappa shape index (κ1) is 14.8. The Morgan fingerprint density at radius 2 is 2.22 bits per heavy atom. The molecule has 2 N–H and O–H groups in total. The summed E-state index contributed by atoms with van der Waals surface area (Å²) in [5.74, 6) is 0.789. The fraction of sp³-hybridized carbons (Fsp3) is 0.692. The molecule has 102 valence electrons. The van der Waals surface area contributed by atoms with Gasteiger partial charge in [-0.3, -0.25) is 0 Å². The molecule has 0 aromatic carbocycles. The van der Waals surface area contributed by atoms with Crippen molar-refractivity contribution >= 4 is 38.9 Å². The first-order valence-electron chi connectivity index (χ1n) is 6.34. The molecule has 1 aromatic rings. The molecule has 2 rings (SSSR count). The Bertz CT molecular complexity index is 382. The molecule has 0 atom stereocenters. The zero-order valence-corrected chi connectivity index (χ0v) is 13.7. The topological polar surface area (TPSA) is 32.3 Å². The molecule has 1 heterocycles. The van der Waals surface area contributed by atoms with Crippen LogP contribution in [0.5, 0.6) is 0 Å². The monoisotopic (exact) mass is 351 g/mol. The molecule has 0 saturated heterocycles. The van der Waals surface area contributed by atoms with Crippen molar-refractivity contribution in [3.05, 3.63) is 19.8 Å². The van der Waals surface area contributed by atoms with Gasteiger partial charge in [-0.05, 0) is 53.6 Å². The van der Waals surface area contributed by atoms with Crippen LogP contribution in [0.3, 0.4) is 0 Å². The van der Waals surface area contributed by atoms with Gasteiger partial charge in [0.1, 0.15) is 4.34 Å². The molecule has 1 saturated carbocycles. The van der Waals surface area contributed by atoms with Gasteiger partial charge >= 0.3 is 0 Å². The summed E-state index contributed by atoms with van der Waals surface area (Å²) in [5, 5.41) is 13.2. The van der Waals surface area contributed by atoms with Crippen LogP contribution in [0.15, 0.2) is 10.5 Å². The van der Waals surface area contributed by atoms with Crippen LogP contribution in [-0.4, -0.2) is 17.3 Å².